The number of carbonyl (C=O) groups excluding carboxylic acids is 1. The van der Waals surface area contributed by atoms with Gasteiger partial charge in [0.1, 0.15) is 5.82 Å². The molecule has 1 rings (SSSR count). The maximum Gasteiger partial charge on any atom is 0.358 e. The molecule has 0 saturated carbocycles. The third-order valence-corrected chi connectivity index (χ3v) is 2.88. The Morgan fingerprint density at radius 2 is 2.29 bits per heavy atom. The van der Waals surface area contributed by atoms with Gasteiger partial charge in [0.05, 0.1) is 19.5 Å². The zero-order valence-corrected chi connectivity index (χ0v) is 10.8. The molecule has 0 aliphatic heterocycles. The van der Waals surface area contributed by atoms with Crippen LogP contribution in [0.25, 0.3) is 0 Å². The van der Waals surface area contributed by atoms with E-state index >= 15 is 0 Å². The minimum atomic E-state index is -0.887. The topological polar surface area (TPSA) is 81.2 Å². The molecule has 0 saturated heterocycles. The van der Waals surface area contributed by atoms with E-state index in [2.05, 4.69) is 20.0 Å². The van der Waals surface area contributed by atoms with Gasteiger partial charge in [-0.05, 0) is 6.92 Å². The lowest BCUT2D eigenvalue weighted by Crippen LogP contribution is -2.23. The zero-order valence-electron chi connectivity index (χ0n) is 9.97. The molecule has 6 nitrogen and oxygen atoms in total. The van der Waals surface area contributed by atoms with Gasteiger partial charge in [-0.2, -0.15) is 0 Å². The van der Waals surface area contributed by atoms with E-state index in [0.717, 1.165) is 0 Å². The van der Waals surface area contributed by atoms with E-state index < -0.39 is 16.8 Å². The van der Waals surface area contributed by atoms with Crippen molar-refractivity contribution in [2.45, 2.75) is 13.0 Å². The second kappa shape index (κ2) is 6.29. The number of carbonyl (C=O) groups is 1. The van der Waals surface area contributed by atoms with Crippen LogP contribution in [0.1, 0.15) is 17.4 Å². The number of hydrogen-bond donors (Lipinski definition) is 1. The molecule has 7 heteroatoms. The van der Waals surface area contributed by atoms with Crippen LogP contribution >= 0.6 is 0 Å². The van der Waals surface area contributed by atoms with Gasteiger partial charge in [-0.25, -0.2) is 9.78 Å². The second-order valence-electron chi connectivity index (χ2n) is 3.57. The van der Waals surface area contributed by atoms with Gasteiger partial charge in [0, 0.05) is 28.9 Å². The van der Waals surface area contributed by atoms with Gasteiger partial charge in [-0.3, -0.25) is 9.19 Å². The molecule has 1 heterocycles. The molecule has 0 spiro atoms. The highest BCUT2D eigenvalue weighted by Crippen LogP contribution is 2.05. The van der Waals surface area contributed by atoms with Crippen molar-refractivity contribution in [2.24, 2.45) is 0 Å². The Morgan fingerprint density at radius 3 is 2.88 bits per heavy atom. The van der Waals surface area contributed by atoms with E-state index in [1.807, 2.05) is 6.92 Å². The third kappa shape index (κ3) is 4.48. The quantitative estimate of drug-likeness (QED) is 0.771. The molecule has 0 bridgehead atoms. The minimum Gasteiger partial charge on any atom is -0.464 e. The normalized spacial score (nSPS) is 13.8. The molecule has 1 N–H and O–H groups in total. The molecular weight excluding hydrogens is 242 g/mol. The summed E-state index contributed by atoms with van der Waals surface area (Å²) in [5, 5.41) is 3.02. The summed E-state index contributed by atoms with van der Waals surface area (Å²) < 4.78 is 15.6. The summed E-state index contributed by atoms with van der Waals surface area (Å²) >= 11 is 0. The molecule has 1 aromatic heterocycles. The fraction of sp³-hybridized carbons (Fsp3) is 0.500. The molecule has 0 aromatic carbocycles. The summed E-state index contributed by atoms with van der Waals surface area (Å²) in [6.07, 6.45) is 4.47. The molecule has 2 atom stereocenters. The van der Waals surface area contributed by atoms with Crippen LogP contribution in [0.5, 0.6) is 0 Å². The van der Waals surface area contributed by atoms with Crippen LogP contribution in [0.2, 0.25) is 0 Å². The molecule has 94 valence electrons. The van der Waals surface area contributed by atoms with E-state index in [9.17, 15) is 9.00 Å². The number of rotatable bonds is 5. The van der Waals surface area contributed by atoms with Crippen molar-refractivity contribution in [3.63, 3.8) is 0 Å². The Balaban J connectivity index is 2.72. The van der Waals surface area contributed by atoms with Crippen LogP contribution in [-0.4, -0.2) is 45.3 Å². The Hall–Kier alpha value is -1.50. The predicted molar refractivity (Wildman–Crippen MR) is 65.4 cm³/mol. The molecule has 0 aliphatic rings. The fourth-order valence-electron chi connectivity index (χ4n) is 1.28. The number of hydrogen-bond acceptors (Lipinski definition) is 6. The van der Waals surface area contributed by atoms with Crippen molar-refractivity contribution in [3.05, 3.63) is 18.1 Å². The lowest BCUT2D eigenvalue weighted by atomic mass is 10.4. The molecule has 0 amide bonds. The average molecular weight is 257 g/mol. The number of nitrogens with one attached hydrogen (secondary N) is 1. The summed E-state index contributed by atoms with van der Waals surface area (Å²) in [5.41, 5.74) is 0.141. The first kappa shape index (κ1) is 13.6. The van der Waals surface area contributed by atoms with Gasteiger partial charge in [0.2, 0.25) is 0 Å². The van der Waals surface area contributed by atoms with E-state index in [4.69, 9.17) is 0 Å². The number of esters is 1. The maximum atomic E-state index is 11.2. The van der Waals surface area contributed by atoms with E-state index in [1.54, 1.807) is 6.26 Å². The fourth-order valence-corrected chi connectivity index (χ4v) is 2.07. The Kier molecular flexibility index (Phi) is 5.02. The third-order valence-electron chi connectivity index (χ3n) is 1.91. The van der Waals surface area contributed by atoms with E-state index in [0.29, 0.717) is 11.6 Å². The largest absolute Gasteiger partial charge is 0.464 e. The van der Waals surface area contributed by atoms with Crippen LogP contribution in [0.4, 0.5) is 5.82 Å². The number of aromatic nitrogens is 2. The lowest BCUT2D eigenvalue weighted by molar-refractivity contribution is 0.0593. The van der Waals surface area contributed by atoms with Gasteiger partial charge in [-0.1, -0.05) is 0 Å². The molecule has 2 unspecified atom stereocenters. The van der Waals surface area contributed by atoms with Crippen molar-refractivity contribution in [3.8, 4) is 0 Å². The first-order chi connectivity index (χ1) is 8.02. The van der Waals surface area contributed by atoms with E-state index in [1.165, 1.54) is 19.5 Å². The van der Waals surface area contributed by atoms with E-state index in [-0.39, 0.29) is 11.7 Å². The highest BCUT2D eigenvalue weighted by atomic mass is 32.2. The standard InChI is InChI=1S/C10H15N3O3S/c1-7(6-17(3)15)12-9-5-11-4-8(13-9)10(14)16-2/h4-5,7H,6H2,1-3H3,(H,12,13). The van der Waals surface area contributed by atoms with Gasteiger partial charge in [0.15, 0.2) is 5.69 Å². The monoisotopic (exact) mass is 257 g/mol. The Labute approximate surface area is 102 Å². The summed E-state index contributed by atoms with van der Waals surface area (Å²) in [7, 11) is 0.397. The van der Waals surface area contributed by atoms with Crippen molar-refractivity contribution in [1.29, 1.82) is 0 Å². The lowest BCUT2D eigenvalue weighted by Gasteiger charge is -2.12. The number of anilines is 1. The Morgan fingerprint density at radius 1 is 1.59 bits per heavy atom. The number of methoxy groups -OCH3 is 1. The van der Waals surface area contributed by atoms with Crippen LogP contribution in [0.15, 0.2) is 12.4 Å². The van der Waals surface area contributed by atoms with Crippen LogP contribution in [-0.2, 0) is 15.5 Å². The van der Waals surface area contributed by atoms with Gasteiger partial charge < -0.3 is 10.1 Å². The van der Waals surface area contributed by atoms with Crippen molar-refractivity contribution in [1.82, 2.24) is 9.97 Å². The maximum absolute atomic E-state index is 11.2. The highest BCUT2D eigenvalue weighted by molar-refractivity contribution is 7.84. The summed E-state index contributed by atoms with van der Waals surface area (Å²) in [5.74, 6) is 0.433. The highest BCUT2D eigenvalue weighted by Gasteiger charge is 2.10. The summed E-state index contributed by atoms with van der Waals surface area (Å²) in [6.45, 7) is 1.88. The van der Waals surface area contributed by atoms with Crippen LogP contribution in [0.3, 0.4) is 0 Å². The molecule has 17 heavy (non-hydrogen) atoms. The minimum absolute atomic E-state index is 0.0111. The second-order valence-corrected chi connectivity index (χ2v) is 5.05. The predicted octanol–water partition coefficient (Wildman–Crippen LogP) is 0.442. The summed E-state index contributed by atoms with van der Waals surface area (Å²) in [4.78, 5) is 19.2. The average Bonchev–Trinajstić information content (AvgIpc) is 2.27. The first-order valence-corrected chi connectivity index (χ1v) is 6.72. The zero-order chi connectivity index (χ0) is 12.8. The van der Waals surface area contributed by atoms with Crippen LogP contribution in [0, 0.1) is 0 Å². The van der Waals surface area contributed by atoms with Gasteiger partial charge in [0.25, 0.3) is 0 Å². The first-order valence-electron chi connectivity index (χ1n) is 5.00. The number of ether oxygens (including phenoxy) is 1. The van der Waals surface area contributed by atoms with Crippen molar-refractivity contribution in [2.75, 3.05) is 24.4 Å². The molecular formula is C10H15N3O3S. The molecule has 1 aromatic rings. The molecule has 0 radical (unpaired) electrons. The van der Waals surface area contributed by atoms with Crippen molar-refractivity contribution < 1.29 is 13.7 Å². The van der Waals surface area contributed by atoms with Gasteiger partial charge >= 0.3 is 5.97 Å². The smallest absolute Gasteiger partial charge is 0.358 e. The SMILES string of the molecule is COC(=O)c1cncc(NC(C)CS(C)=O)n1. The molecule has 0 fully saturated rings. The van der Waals surface area contributed by atoms with Crippen molar-refractivity contribution >= 4 is 22.6 Å². The molecule has 0 aliphatic carbocycles. The van der Waals surface area contributed by atoms with Gasteiger partial charge in [-0.15, -0.1) is 0 Å². The van der Waals surface area contributed by atoms with Crippen LogP contribution < -0.4 is 5.32 Å². The number of nitrogens with zero attached hydrogens (tertiary/aromatic N) is 2. The summed E-state index contributed by atoms with van der Waals surface area (Å²) in [6, 6.07) is -0.0111. The Bertz CT molecular complexity index is 425.